The van der Waals surface area contributed by atoms with Crippen LogP contribution in [0.4, 0.5) is 22.0 Å². The van der Waals surface area contributed by atoms with Crippen molar-refractivity contribution in [2.75, 3.05) is 20.8 Å². The fourth-order valence-corrected chi connectivity index (χ4v) is 10.3. The Labute approximate surface area is 460 Å². The van der Waals surface area contributed by atoms with Gasteiger partial charge in [-0.2, -0.15) is 10.2 Å². The van der Waals surface area contributed by atoms with Crippen LogP contribution in [0.25, 0.3) is 0 Å². The Morgan fingerprint density at radius 3 is 1.67 bits per heavy atom. The molecule has 0 fully saturated rings. The first-order valence-electron chi connectivity index (χ1n) is 24.2. The Morgan fingerprint density at radius 1 is 0.671 bits per heavy atom. The van der Waals surface area contributed by atoms with Gasteiger partial charge in [0.15, 0.2) is 29.6 Å². The minimum atomic E-state index is -1.37. The molecule has 0 aromatic heterocycles. The number of phenolic OH excluding ortho intramolecular Hbond substituents is 1. The largest absolute Gasteiger partial charge is 0.507 e. The molecule has 0 bridgehead atoms. The molecule has 79 heavy (non-hydrogen) atoms. The van der Waals surface area contributed by atoms with Crippen LogP contribution in [0.5, 0.6) is 28.7 Å². The average Bonchev–Trinajstić information content (AvgIpc) is 4.10. The summed E-state index contributed by atoms with van der Waals surface area (Å²) in [7, 11) is 2.89. The molecule has 2 heterocycles. The number of benzene rings is 7. The van der Waals surface area contributed by atoms with E-state index in [1.807, 2.05) is 26.0 Å². The number of hydrazone groups is 2. The second-order valence-corrected chi connectivity index (χ2v) is 19.5. The molecular weight excluding hydrogens is 1070 g/mol. The highest BCUT2D eigenvalue weighted by atomic mass is 32.2. The van der Waals surface area contributed by atoms with E-state index in [9.17, 15) is 41.4 Å². The molecule has 1 unspecified atom stereocenters. The molecule has 0 saturated carbocycles. The van der Waals surface area contributed by atoms with Crippen molar-refractivity contribution >= 4 is 51.3 Å². The Bertz CT molecular complexity index is 3470. The summed E-state index contributed by atoms with van der Waals surface area (Å²) in [6.45, 7) is 3.85. The molecule has 7 aromatic carbocycles. The van der Waals surface area contributed by atoms with E-state index in [2.05, 4.69) is 21.4 Å². The normalized spacial score (nSPS) is 14.9. The van der Waals surface area contributed by atoms with E-state index >= 15 is 0 Å². The van der Waals surface area contributed by atoms with Crippen molar-refractivity contribution < 1.29 is 60.4 Å². The number of hydrogen-bond donors (Lipinski definition) is 2. The molecule has 9 rings (SSSR count). The van der Waals surface area contributed by atoms with Crippen molar-refractivity contribution in [2.45, 2.75) is 43.7 Å². The van der Waals surface area contributed by atoms with E-state index in [1.54, 1.807) is 72.8 Å². The maximum absolute atomic E-state index is 14.6. The summed E-state index contributed by atoms with van der Waals surface area (Å²) in [5, 5.41) is 23.3. The van der Waals surface area contributed by atoms with E-state index in [-0.39, 0.29) is 53.1 Å². The second kappa shape index (κ2) is 25.6. The van der Waals surface area contributed by atoms with Crippen LogP contribution < -0.4 is 24.3 Å². The molecule has 2 aliphatic rings. The van der Waals surface area contributed by atoms with E-state index in [0.717, 1.165) is 34.3 Å². The molecule has 20 heteroatoms. The smallest absolute Gasteiger partial charge is 0.281 e. The van der Waals surface area contributed by atoms with Crippen LogP contribution in [0.1, 0.15) is 85.1 Å². The Hall–Kier alpha value is -8.80. The van der Waals surface area contributed by atoms with Gasteiger partial charge in [0.1, 0.15) is 67.8 Å². The highest BCUT2D eigenvalue weighted by Gasteiger charge is 2.40. The molecule has 7 aromatic rings. The zero-order valence-corrected chi connectivity index (χ0v) is 44.2. The fraction of sp³-hybridized carbons (Fsp3) is 0.169. The highest BCUT2D eigenvalue weighted by molar-refractivity contribution is 8.15. The number of halogens is 5. The Morgan fingerprint density at radius 2 is 1.18 bits per heavy atom. The number of rotatable bonds is 16. The third kappa shape index (κ3) is 13.1. The third-order valence-electron chi connectivity index (χ3n) is 12.1. The lowest BCUT2D eigenvalue weighted by molar-refractivity contribution is -0.123. The number of phenols is 1. The molecule has 13 nitrogen and oxygen atoms in total. The SMILES string of the molecule is C#Cc1ccc(COc2cccc(C3SC(c4ccc(F)cc4)=NN3C(=O)c3c(F)cc(F)cc3F)c2OC)cc1.CC[C@@H](C)NC(=O)COc1cccc([C@H]2SC(c3ccc(F)cc3)=NN2C(=O)c2ccccc2O)c1OC. The van der Waals surface area contributed by atoms with E-state index in [1.165, 1.54) is 79.5 Å². The van der Waals surface area contributed by atoms with Crippen LogP contribution in [-0.4, -0.2) is 69.8 Å². The molecule has 0 radical (unpaired) electrons. The van der Waals surface area contributed by atoms with Crippen LogP contribution in [0.3, 0.4) is 0 Å². The molecule has 0 saturated heterocycles. The number of nitrogens with zero attached hydrogens (tertiary/aromatic N) is 4. The number of thioether (sulfide) groups is 2. The monoisotopic (exact) mass is 1110 g/mol. The van der Waals surface area contributed by atoms with Crippen LogP contribution >= 0.6 is 23.5 Å². The van der Waals surface area contributed by atoms with Gasteiger partial charge < -0.3 is 29.4 Å². The minimum absolute atomic E-state index is 0.0187. The van der Waals surface area contributed by atoms with Crippen molar-refractivity contribution in [1.82, 2.24) is 15.3 Å². The summed E-state index contributed by atoms with van der Waals surface area (Å²) in [5.41, 5.74) is 2.76. The topological polar surface area (TPSA) is 152 Å². The Kier molecular flexibility index (Phi) is 18.3. The van der Waals surface area contributed by atoms with Gasteiger partial charge in [-0.25, -0.2) is 32.0 Å². The lowest BCUT2D eigenvalue weighted by atomic mass is 10.1. The fourth-order valence-electron chi connectivity index (χ4n) is 7.97. The molecule has 0 aliphatic carbocycles. The van der Waals surface area contributed by atoms with Crippen LogP contribution in [0, 0.1) is 41.4 Å². The number of methoxy groups -OCH3 is 2. The molecule has 3 atom stereocenters. The van der Waals surface area contributed by atoms with Crippen LogP contribution in [0.2, 0.25) is 0 Å². The van der Waals surface area contributed by atoms with Gasteiger partial charge >= 0.3 is 0 Å². The quantitative estimate of drug-likeness (QED) is 0.0707. The summed E-state index contributed by atoms with van der Waals surface area (Å²) in [6.07, 6.45) is 6.21. The van der Waals surface area contributed by atoms with Crippen LogP contribution in [-0.2, 0) is 11.4 Å². The molecule has 3 amide bonds. The van der Waals surface area contributed by atoms with Crippen LogP contribution in [0.15, 0.2) is 156 Å². The van der Waals surface area contributed by atoms with Crippen molar-refractivity contribution in [3.63, 3.8) is 0 Å². The van der Waals surface area contributed by atoms with Gasteiger partial charge in [0.05, 0.1) is 19.8 Å². The molecule has 2 aliphatic heterocycles. The number of carbonyl (C=O) groups excluding carboxylic acids is 3. The highest BCUT2D eigenvalue weighted by Crippen LogP contribution is 2.50. The van der Waals surface area contributed by atoms with Gasteiger partial charge in [-0.15, -0.1) is 6.42 Å². The van der Waals surface area contributed by atoms with Crippen molar-refractivity contribution in [3.05, 3.63) is 219 Å². The summed E-state index contributed by atoms with van der Waals surface area (Å²) >= 11 is 2.35. The minimum Gasteiger partial charge on any atom is -0.507 e. The molecular formula is C59H48F5N5O8S2. The first-order chi connectivity index (χ1) is 38.1. The van der Waals surface area contributed by atoms with Crippen molar-refractivity contribution in [3.8, 4) is 41.1 Å². The number of nitrogens with one attached hydrogen (secondary N) is 1. The summed E-state index contributed by atoms with van der Waals surface area (Å²) in [5.74, 6) is -3.07. The van der Waals surface area contributed by atoms with Crippen molar-refractivity contribution in [2.24, 2.45) is 10.2 Å². The van der Waals surface area contributed by atoms with Gasteiger partial charge in [-0.05, 0) is 104 Å². The van der Waals surface area contributed by atoms with E-state index < -0.39 is 51.4 Å². The standard InChI is InChI=1S/C31H20F4N2O3S.C28H28FN3O5S/c1-3-18-7-9-19(10-8-18)17-40-26-6-4-5-23(28(26)39-2)31-37(30(38)27-24(34)15-22(33)16-25(27)35)36-29(41-31)20-11-13-21(32)14-12-20;1-4-17(2)30-24(34)16-37-23-11-7-9-21(25(23)36-3)28-32(27(35)20-8-5-6-10-22(20)33)31-26(38-28)18-12-14-19(29)15-13-18/h1,4-16,31H,17H2,2H3;5-15,17,28,33H,4,16H2,1-3H3,(H,30,34)/t;17-,28-/m.1/s1. The van der Waals surface area contributed by atoms with E-state index in [4.69, 9.17) is 25.4 Å². The lowest BCUT2D eigenvalue weighted by Crippen LogP contribution is -2.35. The zero-order valence-electron chi connectivity index (χ0n) is 42.6. The first kappa shape index (κ1) is 56.4. The maximum atomic E-state index is 14.6. The summed E-state index contributed by atoms with van der Waals surface area (Å²) in [4.78, 5) is 39.4. The lowest BCUT2D eigenvalue weighted by Gasteiger charge is -2.24. The number of para-hydroxylation sites is 3. The average molecular weight is 1110 g/mol. The summed E-state index contributed by atoms with van der Waals surface area (Å²) < 4.78 is 93.1. The second-order valence-electron chi connectivity index (χ2n) is 17.4. The number of carbonyl (C=O) groups is 3. The van der Waals surface area contributed by atoms with E-state index in [0.29, 0.717) is 56.7 Å². The number of amides is 3. The maximum Gasteiger partial charge on any atom is 0.281 e. The van der Waals surface area contributed by atoms with Gasteiger partial charge in [0.2, 0.25) is 0 Å². The summed E-state index contributed by atoms with van der Waals surface area (Å²) in [6, 6.07) is 35.7. The van der Waals surface area contributed by atoms with Gasteiger partial charge in [-0.3, -0.25) is 14.4 Å². The molecule has 0 spiro atoms. The van der Waals surface area contributed by atoms with Crippen molar-refractivity contribution in [1.29, 1.82) is 0 Å². The Balaban J connectivity index is 0.000000209. The first-order valence-corrected chi connectivity index (χ1v) is 25.9. The van der Waals surface area contributed by atoms with Gasteiger partial charge in [-0.1, -0.05) is 84.9 Å². The zero-order chi connectivity index (χ0) is 56.3. The third-order valence-corrected chi connectivity index (χ3v) is 14.5. The number of hydrogen-bond acceptors (Lipinski definition) is 12. The predicted octanol–water partition coefficient (Wildman–Crippen LogP) is 12.1. The van der Waals surface area contributed by atoms with Gasteiger partial charge in [0.25, 0.3) is 17.7 Å². The molecule has 404 valence electrons. The predicted molar refractivity (Wildman–Crippen MR) is 291 cm³/mol. The number of aromatic hydroxyl groups is 1. The van der Waals surface area contributed by atoms with Gasteiger partial charge in [0, 0.05) is 46.0 Å². The number of ether oxygens (including phenoxy) is 4. The molecule has 2 N–H and O–H groups in total. The number of terminal acetylenes is 1.